The van der Waals surface area contributed by atoms with E-state index in [4.69, 9.17) is 6.42 Å². The van der Waals surface area contributed by atoms with Crippen molar-refractivity contribution in [2.24, 2.45) is 0 Å². The third-order valence-corrected chi connectivity index (χ3v) is 3.10. The Labute approximate surface area is 116 Å². The Hall–Kier alpha value is -2.61. The van der Waals surface area contributed by atoms with Gasteiger partial charge in [-0.05, 0) is 12.5 Å². The second-order valence-electron chi connectivity index (χ2n) is 4.43. The largest absolute Gasteiger partial charge is 0.347 e. The standard InChI is InChI=1S/C15H15N3O2/c1-3-7-10(4-2)16-15(20)13-11-8-5-6-9-12(11)14(19)18-17-13/h1,5-6,8-10H,4,7H2,2H3,(H,16,20)(H,18,19). The molecule has 0 radical (unpaired) electrons. The van der Waals surface area contributed by atoms with E-state index in [-0.39, 0.29) is 23.2 Å². The fraction of sp³-hybridized carbons (Fsp3) is 0.267. The van der Waals surface area contributed by atoms with Gasteiger partial charge in [0.1, 0.15) is 0 Å². The Bertz CT molecular complexity index is 728. The maximum absolute atomic E-state index is 12.2. The summed E-state index contributed by atoms with van der Waals surface area (Å²) in [5.41, 5.74) is -0.108. The van der Waals surface area contributed by atoms with E-state index in [2.05, 4.69) is 21.4 Å². The molecule has 5 nitrogen and oxygen atoms in total. The zero-order chi connectivity index (χ0) is 14.5. The van der Waals surface area contributed by atoms with Crippen LogP contribution in [0.1, 0.15) is 30.3 Å². The van der Waals surface area contributed by atoms with E-state index in [1.165, 1.54) is 0 Å². The number of benzene rings is 1. The van der Waals surface area contributed by atoms with Crippen LogP contribution in [-0.2, 0) is 0 Å². The summed E-state index contributed by atoms with van der Waals surface area (Å²) >= 11 is 0. The predicted octanol–water partition coefficient (Wildman–Crippen LogP) is 1.45. The number of H-pyrrole nitrogens is 1. The number of terminal acetylenes is 1. The third-order valence-electron chi connectivity index (χ3n) is 3.10. The van der Waals surface area contributed by atoms with Gasteiger partial charge in [-0.15, -0.1) is 12.3 Å². The molecule has 5 heteroatoms. The number of fused-ring (bicyclic) bond motifs is 1. The number of aromatic amines is 1. The van der Waals surface area contributed by atoms with Crippen molar-refractivity contribution in [3.8, 4) is 12.3 Å². The SMILES string of the molecule is C#CCC(CC)NC(=O)c1n[nH]c(=O)c2ccccc12. The van der Waals surface area contributed by atoms with Crippen molar-refractivity contribution in [1.82, 2.24) is 15.5 Å². The molecule has 1 atom stereocenters. The maximum Gasteiger partial charge on any atom is 0.272 e. The molecule has 1 amide bonds. The first-order valence-electron chi connectivity index (χ1n) is 6.39. The lowest BCUT2D eigenvalue weighted by molar-refractivity contribution is 0.0932. The van der Waals surface area contributed by atoms with Crippen molar-refractivity contribution in [1.29, 1.82) is 0 Å². The van der Waals surface area contributed by atoms with E-state index in [0.29, 0.717) is 17.2 Å². The molecule has 1 unspecified atom stereocenters. The normalized spacial score (nSPS) is 11.8. The fourth-order valence-electron chi connectivity index (χ4n) is 1.98. The fourth-order valence-corrected chi connectivity index (χ4v) is 1.98. The van der Waals surface area contributed by atoms with E-state index < -0.39 is 0 Å². The topological polar surface area (TPSA) is 74.8 Å². The van der Waals surface area contributed by atoms with Gasteiger partial charge in [0.05, 0.1) is 5.39 Å². The van der Waals surface area contributed by atoms with Crippen LogP contribution in [0.25, 0.3) is 10.8 Å². The van der Waals surface area contributed by atoms with Gasteiger partial charge < -0.3 is 5.32 Å². The van der Waals surface area contributed by atoms with Crippen molar-refractivity contribution in [2.75, 3.05) is 0 Å². The molecular weight excluding hydrogens is 254 g/mol. The van der Waals surface area contributed by atoms with Crippen molar-refractivity contribution < 1.29 is 4.79 Å². The second kappa shape index (κ2) is 6.02. The molecule has 0 saturated heterocycles. The molecule has 2 aromatic rings. The van der Waals surface area contributed by atoms with E-state index in [1.54, 1.807) is 24.3 Å². The first-order valence-corrected chi connectivity index (χ1v) is 6.39. The van der Waals surface area contributed by atoms with Crippen LogP contribution >= 0.6 is 0 Å². The van der Waals surface area contributed by atoms with E-state index in [1.807, 2.05) is 6.92 Å². The highest BCUT2D eigenvalue weighted by Gasteiger charge is 2.16. The predicted molar refractivity (Wildman–Crippen MR) is 77.4 cm³/mol. The van der Waals surface area contributed by atoms with E-state index in [9.17, 15) is 9.59 Å². The van der Waals surface area contributed by atoms with Gasteiger partial charge in [-0.2, -0.15) is 5.10 Å². The van der Waals surface area contributed by atoms with Crippen molar-refractivity contribution in [3.63, 3.8) is 0 Å². The summed E-state index contributed by atoms with van der Waals surface area (Å²) < 4.78 is 0. The Morgan fingerprint density at radius 2 is 2.15 bits per heavy atom. The van der Waals surface area contributed by atoms with Crippen LogP contribution in [-0.4, -0.2) is 22.1 Å². The van der Waals surface area contributed by atoms with Gasteiger partial charge in [0, 0.05) is 17.8 Å². The molecule has 1 heterocycles. The highest BCUT2D eigenvalue weighted by Crippen LogP contribution is 2.12. The summed E-state index contributed by atoms with van der Waals surface area (Å²) in [4.78, 5) is 23.9. The van der Waals surface area contributed by atoms with Gasteiger partial charge in [0.15, 0.2) is 5.69 Å². The lowest BCUT2D eigenvalue weighted by atomic mass is 10.1. The second-order valence-corrected chi connectivity index (χ2v) is 4.43. The first-order chi connectivity index (χ1) is 9.67. The van der Waals surface area contributed by atoms with Crippen LogP contribution in [0.5, 0.6) is 0 Å². The molecular formula is C15H15N3O2. The van der Waals surface area contributed by atoms with Crippen LogP contribution in [0.15, 0.2) is 29.1 Å². The van der Waals surface area contributed by atoms with E-state index >= 15 is 0 Å². The number of amides is 1. The number of carbonyl (C=O) groups is 1. The number of aromatic nitrogens is 2. The quantitative estimate of drug-likeness (QED) is 0.825. The van der Waals surface area contributed by atoms with Crippen molar-refractivity contribution >= 4 is 16.7 Å². The van der Waals surface area contributed by atoms with Gasteiger partial charge >= 0.3 is 0 Å². The van der Waals surface area contributed by atoms with Gasteiger partial charge in [-0.1, -0.05) is 25.1 Å². The van der Waals surface area contributed by atoms with Crippen LogP contribution in [0.2, 0.25) is 0 Å². The lowest BCUT2D eigenvalue weighted by Gasteiger charge is -2.14. The molecule has 0 saturated carbocycles. The summed E-state index contributed by atoms with van der Waals surface area (Å²) in [6.45, 7) is 1.95. The van der Waals surface area contributed by atoms with Crippen molar-refractivity contribution in [2.45, 2.75) is 25.8 Å². The molecule has 0 fully saturated rings. The molecule has 2 N–H and O–H groups in total. The molecule has 2 rings (SSSR count). The summed E-state index contributed by atoms with van der Waals surface area (Å²) in [5, 5.41) is 10.00. The minimum Gasteiger partial charge on any atom is -0.347 e. The molecule has 0 aliphatic rings. The number of nitrogens with zero attached hydrogens (tertiary/aromatic N) is 1. The minimum absolute atomic E-state index is 0.0972. The Balaban J connectivity index is 2.38. The Morgan fingerprint density at radius 3 is 2.80 bits per heavy atom. The number of rotatable bonds is 4. The van der Waals surface area contributed by atoms with Crippen LogP contribution < -0.4 is 10.9 Å². The highest BCUT2D eigenvalue weighted by molar-refractivity contribution is 6.04. The zero-order valence-corrected chi connectivity index (χ0v) is 11.1. The average Bonchev–Trinajstić information content (AvgIpc) is 2.47. The van der Waals surface area contributed by atoms with Gasteiger partial charge in [-0.25, -0.2) is 5.10 Å². The van der Waals surface area contributed by atoms with Crippen LogP contribution in [0.4, 0.5) is 0 Å². The summed E-state index contributed by atoms with van der Waals surface area (Å²) in [6.07, 6.45) is 6.46. The molecule has 0 aliphatic carbocycles. The molecule has 1 aromatic carbocycles. The molecule has 0 spiro atoms. The maximum atomic E-state index is 12.2. The van der Waals surface area contributed by atoms with Gasteiger partial charge in [-0.3, -0.25) is 9.59 Å². The zero-order valence-electron chi connectivity index (χ0n) is 11.1. The molecule has 0 bridgehead atoms. The lowest BCUT2D eigenvalue weighted by Crippen LogP contribution is -2.35. The number of carbonyl (C=O) groups excluding carboxylic acids is 1. The van der Waals surface area contributed by atoms with Crippen LogP contribution in [0.3, 0.4) is 0 Å². The Kier molecular flexibility index (Phi) is 4.16. The number of hydrogen-bond donors (Lipinski definition) is 2. The minimum atomic E-state index is -0.334. The number of nitrogens with one attached hydrogen (secondary N) is 2. The molecule has 0 aliphatic heterocycles. The van der Waals surface area contributed by atoms with Gasteiger partial charge in [0.25, 0.3) is 11.5 Å². The summed E-state index contributed by atoms with van der Waals surface area (Å²) in [7, 11) is 0. The summed E-state index contributed by atoms with van der Waals surface area (Å²) in [5.74, 6) is 2.20. The molecule has 20 heavy (non-hydrogen) atoms. The van der Waals surface area contributed by atoms with Gasteiger partial charge in [0.2, 0.25) is 0 Å². The molecule has 102 valence electrons. The third kappa shape index (κ3) is 2.69. The summed E-state index contributed by atoms with van der Waals surface area (Å²) in [6, 6.07) is 6.77. The highest BCUT2D eigenvalue weighted by atomic mass is 16.2. The first kappa shape index (κ1) is 13.8. The van der Waals surface area contributed by atoms with Crippen molar-refractivity contribution in [3.05, 3.63) is 40.3 Å². The van der Waals surface area contributed by atoms with E-state index in [0.717, 1.165) is 6.42 Å². The van der Waals surface area contributed by atoms with Crippen LogP contribution in [0, 0.1) is 12.3 Å². The smallest absolute Gasteiger partial charge is 0.272 e. The average molecular weight is 269 g/mol. The number of hydrogen-bond acceptors (Lipinski definition) is 3. The monoisotopic (exact) mass is 269 g/mol. The Morgan fingerprint density at radius 1 is 1.45 bits per heavy atom. The molecule has 1 aromatic heterocycles.